The monoisotopic (exact) mass is 203 g/mol. The smallest absolute Gasteiger partial charge is 0.310 e. The van der Waals surface area contributed by atoms with Gasteiger partial charge in [-0.15, -0.1) is 0 Å². The van der Waals surface area contributed by atoms with E-state index < -0.39 is 11.9 Å². The van der Waals surface area contributed by atoms with E-state index in [4.69, 9.17) is 10.4 Å². The summed E-state index contributed by atoms with van der Waals surface area (Å²) in [4.78, 5) is 10.9. The number of carboxylic acids is 1. The molecule has 0 spiro atoms. The van der Waals surface area contributed by atoms with Crippen LogP contribution < -0.4 is 0 Å². The Labute approximate surface area is 89.0 Å². The van der Waals surface area contributed by atoms with Crippen molar-refractivity contribution in [3.05, 3.63) is 35.4 Å². The van der Waals surface area contributed by atoms with Crippen molar-refractivity contribution in [1.29, 1.82) is 5.26 Å². The summed E-state index contributed by atoms with van der Waals surface area (Å²) in [5.74, 6) is -1.24. The fourth-order valence-corrected chi connectivity index (χ4v) is 1.51. The van der Waals surface area contributed by atoms with Crippen molar-refractivity contribution in [3.8, 4) is 6.07 Å². The van der Waals surface area contributed by atoms with Crippen molar-refractivity contribution >= 4 is 5.97 Å². The van der Waals surface area contributed by atoms with Gasteiger partial charge in [0.05, 0.1) is 18.4 Å². The standard InChI is InChI=1S/C12H13NO2/c1-2-11(12(14)15)10-5-3-9(4-6-10)7-8-13/h3-6,11H,2,7H2,1H3,(H,14,15). The SMILES string of the molecule is CCC(C(=O)O)c1ccc(CC#N)cc1. The molecular weight excluding hydrogens is 190 g/mol. The number of nitrogens with zero attached hydrogens (tertiary/aromatic N) is 1. The predicted molar refractivity (Wildman–Crippen MR) is 56.4 cm³/mol. The Hall–Kier alpha value is -1.82. The van der Waals surface area contributed by atoms with Crippen LogP contribution in [0, 0.1) is 11.3 Å². The molecule has 3 nitrogen and oxygen atoms in total. The zero-order valence-electron chi connectivity index (χ0n) is 8.60. The number of nitriles is 1. The summed E-state index contributed by atoms with van der Waals surface area (Å²) in [5, 5.41) is 17.4. The summed E-state index contributed by atoms with van der Waals surface area (Å²) >= 11 is 0. The number of aliphatic carboxylic acids is 1. The Morgan fingerprint density at radius 2 is 2.07 bits per heavy atom. The number of benzene rings is 1. The molecule has 0 heterocycles. The highest BCUT2D eigenvalue weighted by atomic mass is 16.4. The average molecular weight is 203 g/mol. The van der Waals surface area contributed by atoms with Crippen LogP contribution in [0.1, 0.15) is 30.4 Å². The molecule has 0 radical (unpaired) electrons. The van der Waals surface area contributed by atoms with Gasteiger partial charge in [-0.1, -0.05) is 31.2 Å². The van der Waals surface area contributed by atoms with Gasteiger partial charge in [0.1, 0.15) is 0 Å². The molecule has 0 aliphatic rings. The third-order valence-corrected chi connectivity index (χ3v) is 2.37. The maximum Gasteiger partial charge on any atom is 0.310 e. The summed E-state index contributed by atoms with van der Waals surface area (Å²) in [6.07, 6.45) is 0.942. The Kier molecular flexibility index (Phi) is 3.87. The van der Waals surface area contributed by atoms with E-state index in [0.717, 1.165) is 11.1 Å². The molecule has 1 rings (SSSR count). The Bertz CT molecular complexity index is 376. The molecule has 0 aromatic heterocycles. The van der Waals surface area contributed by atoms with Crippen LogP contribution in [0.2, 0.25) is 0 Å². The quantitative estimate of drug-likeness (QED) is 0.816. The molecular formula is C12H13NO2. The van der Waals surface area contributed by atoms with Crippen LogP contribution in [0.3, 0.4) is 0 Å². The van der Waals surface area contributed by atoms with E-state index in [1.54, 1.807) is 12.1 Å². The minimum absolute atomic E-state index is 0.365. The van der Waals surface area contributed by atoms with E-state index in [1.165, 1.54) is 0 Å². The van der Waals surface area contributed by atoms with Crippen LogP contribution in [0.4, 0.5) is 0 Å². The third kappa shape index (κ3) is 2.81. The van der Waals surface area contributed by atoms with Crippen molar-refractivity contribution in [2.45, 2.75) is 25.7 Å². The first kappa shape index (κ1) is 11.3. The summed E-state index contributed by atoms with van der Waals surface area (Å²) in [7, 11) is 0. The molecule has 1 N–H and O–H groups in total. The van der Waals surface area contributed by atoms with Gasteiger partial charge < -0.3 is 5.11 Å². The highest BCUT2D eigenvalue weighted by molar-refractivity contribution is 5.75. The van der Waals surface area contributed by atoms with Gasteiger partial charge in [-0.2, -0.15) is 5.26 Å². The summed E-state index contributed by atoms with van der Waals surface area (Å²) < 4.78 is 0. The average Bonchev–Trinajstić information content (AvgIpc) is 2.21. The topological polar surface area (TPSA) is 61.1 Å². The number of carbonyl (C=O) groups is 1. The third-order valence-electron chi connectivity index (χ3n) is 2.37. The lowest BCUT2D eigenvalue weighted by atomic mass is 9.95. The van der Waals surface area contributed by atoms with Gasteiger partial charge in [-0.05, 0) is 17.5 Å². The molecule has 78 valence electrons. The van der Waals surface area contributed by atoms with Crippen LogP contribution >= 0.6 is 0 Å². The first-order chi connectivity index (χ1) is 7.19. The van der Waals surface area contributed by atoms with E-state index in [9.17, 15) is 4.79 Å². The molecule has 0 bridgehead atoms. The number of hydrogen-bond donors (Lipinski definition) is 1. The largest absolute Gasteiger partial charge is 0.481 e. The van der Waals surface area contributed by atoms with Crippen molar-refractivity contribution in [2.24, 2.45) is 0 Å². The maximum absolute atomic E-state index is 10.9. The van der Waals surface area contributed by atoms with E-state index in [0.29, 0.717) is 12.8 Å². The second kappa shape index (κ2) is 5.16. The second-order valence-corrected chi connectivity index (χ2v) is 3.38. The lowest BCUT2D eigenvalue weighted by Gasteiger charge is -2.09. The van der Waals surface area contributed by atoms with Crippen molar-refractivity contribution < 1.29 is 9.90 Å². The molecule has 1 aromatic rings. The van der Waals surface area contributed by atoms with Gasteiger partial charge in [0.25, 0.3) is 0 Å². The minimum Gasteiger partial charge on any atom is -0.481 e. The number of carboxylic acid groups (broad SMARTS) is 1. The molecule has 0 amide bonds. The summed E-state index contributed by atoms with van der Waals surface area (Å²) in [6, 6.07) is 9.25. The minimum atomic E-state index is -0.800. The molecule has 3 heteroatoms. The zero-order chi connectivity index (χ0) is 11.3. The van der Waals surface area contributed by atoms with Crippen LogP contribution in [0.25, 0.3) is 0 Å². The molecule has 15 heavy (non-hydrogen) atoms. The second-order valence-electron chi connectivity index (χ2n) is 3.38. The Morgan fingerprint density at radius 3 is 2.47 bits per heavy atom. The van der Waals surface area contributed by atoms with E-state index in [1.807, 2.05) is 19.1 Å². The molecule has 1 aromatic carbocycles. The van der Waals surface area contributed by atoms with Crippen molar-refractivity contribution in [3.63, 3.8) is 0 Å². The first-order valence-electron chi connectivity index (χ1n) is 4.87. The zero-order valence-corrected chi connectivity index (χ0v) is 8.60. The van der Waals surface area contributed by atoms with Crippen LogP contribution in [0.5, 0.6) is 0 Å². The Balaban J connectivity index is 2.88. The molecule has 0 aliphatic carbocycles. The number of rotatable bonds is 4. The Morgan fingerprint density at radius 1 is 1.47 bits per heavy atom. The molecule has 1 unspecified atom stereocenters. The molecule has 1 atom stereocenters. The summed E-state index contributed by atoms with van der Waals surface area (Å²) in [6.45, 7) is 1.85. The van der Waals surface area contributed by atoms with Crippen LogP contribution in [0.15, 0.2) is 24.3 Å². The lowest BCUT2D eigenvalue weighted by molar-refractivity contribution is -0.138. The van der Waals surface area contributed by atoms with E-state index in [-0.39, 0.29) is 0 Å². The fourth-order valence-electron chi connectivity index (χ4n) is 1.51. The predicted octanol–water partition coefficient (Wildman–Crippen LogP) is 2.33. The van der Waals surface area contributed by atoms with E-state index >= 15 is 0 Å². The fraction of sp³-hybridized carbons (Fsp3) is 0.333. The van der Waals surface area contributed by atoms with Gasteiger partial charge >= 0.3 is 5.97 Å². The van der Waals surface area contributed by atoms with Gasteiger partial charge in [0, 0.05) is 0 Å². The highest BCUT2D eigenvalue weighted by Gasteiger charge is 2.16. The molecule has 0 saturated heterocycles. The van der Waals surface area contributed by atoms with Gasteiger partial charge in [-0.3, -0.25) is 4.79 Å². The summed E-state index contributed by atoms with van der Waals surface area (Å²) in [5.41, 5.74) is 1.72. The van der Waals surface area contributed by atoms with Gasteiger partial charge in [0.2, 0.25) is 0 Å². The molecule has 0 aliphatic heterocycles. The molecule has 0 saturated carbocycles. The lowest BCUT2D eigenvalue weighted by Crippen LogP contribution is -2.10. The van der Waals surface area contributed by atoms with Crippen molar-refractivity contribution in [1.82, 2.24) is 0 Å². The van der Waals surface area contributed by atoms with Crippen LogP contribution in [-0.4, -0.2) is 11.1 Å². The van der Waals surface area contributed by atoms with E-state index in [2.05, 4.69) is 6.07 Å². The maximum atomic E-state index is 10.9. The van der Waals surface area contributed by atoms with Gasteiger partial charge in [-0.25, -0.2) is 0 Å². The highest BCUT2D eigenvalue weighted by Crippen LogP contribution is 2.20. The number of hydrogen-bond acceptors (Lipinski definition) is 2. The molecule has 0 fully saturated rings. The first-order valence-corrected chi connectivity index (χ1v) is 4.87. The normalized spacial score (nSPS) is 11.7. The van der Waals surface area contributed by atoms with Gasteiger partial charge in [0.15, 0.2) is 0 Å². The van der Waals surface area contributed by atoms with Crippen LogP contribution in [-0.2, 0) is 11.2 Å². The van der Waals surface area contributed by atoms with Crippen molar-refractivity contribution in [2.75, 3.05) is 0 Å².